The van der Waals surface area contributed by atoms with Crippen LogP contribution in [-0.4, -0.2) is 7.05 Å². The molecule has 1 rings (SSSR count). The van der Waals surface area contributed by atoms with E-state index in [1.165, 1.54) is 12.5 Å². The van der Waals surface area contributed by atoms with Crippen LogP contribution in [0.2, 0.25) is 0 Å². The van der Waals surface area contributed by atoms with Crippen molar-refractivity contribution >= 4 is 15.9 Å². The first kappa shape index (κ1) is 15.4. The number of allylic oxidation sites excluding steroid dienone is 1. The smallest absolute Gasteiger partial charge is 0.129 e. The number of halogens is 2. The molecule has 3 heteroatoms. The van der Waals surface area contributed by atoms with Gasteiger partial charge < -0.3 is 5.32 Å². The Hall–Kier alpha value is -0.670. The third kappa shape index (κ3) is 4.54. The van der Waals surface area contributed by atoms with Gasteiger partial charge in [-0.25, -0.2) is 4.39 Å². The van der Waals surface area contributed by atoms with E-state index in [1.807, 2.05) is 19.2 Å². The first-order valence-corrected chi connectivity index (χ1v) is 7.22. The number of nitrogens with one attached hydrogen (secondary N) is 1. The molecule has 1 N–H and O–H groups in total. The van der Waals surface area contributed by atoms with E-state index in [0.29, 0.717) is 0 Å². The highest BCUT2D eigenvalue weighted by atomic mass is 79.9. The Bertz CT molecular complexity index is 359. The van der Waals surface area contributed by atoms with Gasteiger partial charge >= 0.3 is 0 Å². The summed E-state index contributed by atoms with van der Waals surface area (Å²) in [6, 6.07) is 5.20. The van der Waals surface area contributed by atoms with Gasteiger partial charge in [0, 0.05) is 16.1 Å². The SMILES string of the molecule is C=CCCCCCC(NC)c1c(F)cccc1Br. The molecule has 0 spiro atoms. The molecule has 0 fully saturated rings. The van der Waals surface area contributed by atoms with Gasteiger partial charge in [-0.3, -0.25) is 0 Å². The van der Waals surface area contributed by atoms with Gasteiger partial charge in [0.15, 0.2) is 0 Å². The van der Waals surface area contributed by atoms with E-state index in [4.69, 9.17) is 0 Å². The van der Waals surface area contributed by atoms with Gasteiger partial charge in [0.05, 0.1) is 0 Å². The molecule has 1 aromatic carbocycles. The molecule has 0 aromatic heterocycles. The highest BCUT2D eigenvalue weighted by molar-refractivity contribution is 9.10. The maximum atomic E-state index is 13.8. The molecule has 0 saturated carbocycles. The number of benzene rings is 1. The Morgan fingerprint density at radius 1 is 1.39 bits per heavy atom. The van der Waals surface area contributed by atoms with Crippen LogP contribution in [-0.2, 0) is 0 Å². The van der Waals surface area contributed by atoms with Crippen molar-refractivity contribution in [1.29, 1.82) is 0 Å². The number of hydrogen-bond acceptors (Lipinski definition) is 1. The molecule has 0 radical (unpaired) electrons. The monoisotopic (exact) mass is 313 g/mol. The average Bonchev–Trinajstić information content (AvgIpc) is 2.36. The standard InChI is InChI=1S/C15H21BrFN/c1-3-4-5-6-7-11-14(18-2)15-12(16)9-8-10-13(15)17/h3,8-10,14,18H,1,4-7,11H2,2H3. The summed E-state index contributed by atoms with van der Waals surface area (Å²) in [6.45, 7) is 3.71. The summed E-state index contributed by atoms with van der Waals surface area (Å²) >= 11 is 3.43. The minimum absolute atomic E-state index is 0.0734. The molecule has 1 aromatic rings. The zero-order valence-electron chi connectivity index (χ0n) is 10.9. The summed E-state index contributed by atoms with van der Waals surface area (Å²) in [4.78, 5) is 0. The zero-order chi connectivity index (χ0) is 13.4. The van der Waals surface area contributed by atoms with E-state index in [9.17, 15) is 4.39 Å². The molecular formula is C15H21BrFN. The normalized spacial score (nSPS) is 12.4. The highest BCUT2D eigenvalue weighted by Gasteiger charge is 2.16. The van der Waals surface area contributed by atoms with Crippen molar-refractivity contribution in [3.8, 4) is 0 Å². The van der Waals surface area contributed by atoms with Gasteiger partial charge in [0.25, 0.3) is 0 Å². The lowest BCUT2D eigenvalue weighted by molar-refractivity contribution is 0.480. The Kier molecular flexibility index (Phi) is 7.21. The van der Waals surface area contributed by atoms with Crippen molar-refractivity contribution in [1.82, 2.24) is 5.32 Å². The van der Waals surface area contributed by atoms with Crippen molar-refractivity contribution in [2.45, 2.75) is 38.1 Å². The molecule has 0 saturated heterocycles. The van der Waals surface area contributed by atoms with Crippen molar-refractivity contribution < 1.29 is 4.39 Å². The van der Waals surface area contributed by atoms with E-state index in [2.05, 4.69) is 27.8 Å². The van der Waals surface area contributed by atoms with Gasteiger partial charge in [-0.2, -0.15) is 0 Å². The lowest BCUT2D eigenvalue weighted by Crippen LogP contribution is -2.18. The Balaban J connectivity index is 2.57. The second-order valence-corrected chi connectivity index (χ2v) is 5.26. The minimum atomic E-state index is -0.144. The predicted octanol–water partition coefficient (Wildman–Crippen LogP) is 4.99. The summed E-state index contributed by atoms with van der Waals surface area (Å²) in [7, 11) is 1.88. The van der Waals surface area contributed by atoms with Crippen LogP contribution in [0.4, 0.5) is 4.39 Å². The first-order valence-electron chi connectivity index (χ1n) is 6.42. The minimum Gasteiger partial charge on any atom is -0.313 e. The van der Waals surface area contributed by atoms with Gasteiger partial charge in [0.2, 0.25) is 0 Å². The third-order valence-electron chi connectivity index (χ3n) is 3.10. The van der Waals surface area contributed by atoms with Crippen molar-refractivity contribution in [3.05, 3.63) is 46.7 Å². The van der Waals surface area contributed by atoms with Gasteiger partial charge in [0.1, 0.15) is 5.82 Å². The molecule has 1 nitrogen and oxygen atoms in total. The summed E-state index contributed by atoms with van der Waals surface area (Å²) in [6.07, 6.45) is 7.39. The van der Waals surface area contributed by atoms with Crippen molar-refractivity contribution in [3.63, 3.8) is 0 Å². The number of unbranched alkanes of at least 4 members (excludes halogenated alkanes) is 3. The molecule has 100 valence electrons. The van der Waals surface area contributed by atoms with Gasteiger partial charge in [-0.15, -0.1) is 6.58 Å². The fourth-order valence-corrected chi connectivity index (χ4v) is 2.71. The van der Waals surface area contributed by atoms with E-state index in [1.54, 1.807) is 6.07 Å². The predicted molar refractivity (Wildman–Crippen MR) is 79.2 cm³/mol. The first-order chi connectivity index (χ1) is 8.70. The van der Waals surface area contributed by atoms with Crippen LogP contribution < -0.4 is 5.32 Å². The lowest BCUT2D eigenvalue weighted by atomic mass is 9.99. The van der Waals surface area contributed by atoms with Crippen molar-refractivity contribution in [2.75, 3.05) is 7.05 Å². The quantitative estimate of drug-likeness (QED) is 0.527. The molecule has 0 heterocycles. The summed E-state index contributed by atoms with van der Waals surface area (Å²) in [5.74, 6) is -0.144. The van der Waals surface area contributed by atoms with Gasteiger partial charge in [-0.1, -0.05) is 40.9 Å². The molecule has 0 bridgehead atoms. The van der Waals surface area contributed by atoms with Gasteiger partial charge in [-0.05, 0) is 38.4 Å². The van der Waals surface area contributed by atoms with Crippen LogP contribution in [0.3, 0.4) is 0 Å². The van der Waals surface area contributed by atoms with Crippen LogP contribution in [0.25, 0.3) is 0 Å². The largest absolute Gasteiger partial charge is 0.313 e. The molecule has 1 atom stereocenters. The Morgan fingerprint density at radius 2 is 2.17 bits per heavy atom. The third-order valence-corrected chi connectivity index (χ3v) is 3.79. The second kappa shape index (κ2) is 8.44. The molecule has 18 heavy (non-hydrogen) atoms. The van der Waals surface area contributed by atoms with E-state index in [-0.39, 0.29) is 11.9 Å². The lowest BCUT2D eigenvalue weighted by Gasteiger charge is -2.18. The molecule has 0 aliphatic rings. The molecule has 0 aliphatic carbocycles. The van der Waals surface area contributed by atoms with Crippen LogP contribution >= 0.6 is 15.9 Å². The summed E-state index contributed by atoms with van der Waals surface area (Å²) < 4.78 is 14.7. The van der Waals surface area contributed by atoms with Crippen LogP contribution in [0.5, 0.6) is 0 Å². The van der Waals surface area contributed by atoms with Crippen LogP contribution in [0.1, 0.15) is 43.7 Å². The molecular weight excluding hydrogens is 293 g/mol. The second-order valence-electron chi connectivity index (χ2n) is 4.40. The molecule has 0 aliphatic heterocycles. The molecule has 0 amide bonds. The Labute approximate surface area is 118 Å². The Morgan fingerprint density at radius 3 is 2.78 bits per heavy atom. The fraction of sp³-hybridized carbons (Fsp3) is 0.467. The fourth-order valence-electron chi connectivity index (χ4n) is 2.09. The zero-order valence-corrected chi connectivity index (χ0v) is 12.5. The topological polar surface area (TPSA) is 12.0 Å². The average molecular weight is 314 g/mol. The van der Waals surface area contributed by atoms with Crippen molar-refractivity contribution in [2.24, 2.45) is 0 Å². The number of hydrogen-bond donors (Lipinski definition) is 1. The van der Waals surface area contributed by atoms with Crippen LogP contribution in [0.15, 0.2) is 35.3 Å². The van der Waals surface area contributed by atoms with E-state index < -0.39 is 0 Å². The van der Waals surface area contributed by atoms with Crippen LogP contribution in [0, 0.1) is 5.82 Å². The maximum absolute atomic E-state index is 13.8. The summed E-state index contributed by atoms with van der Waals surface area (Å²) in [5.41, 5.74) is 0.740. The number of rotatable bonds is 8. The summed E-state index contributed by atoms with van der Waals surface area (Å²) in [5, 5.41) is 3.20. The van der Waals surface area contributed by atoms with E-state index >= 15 is 0 Å². The molecule has 1 unspecified atom stereocenters. The van der Waals surface area contributed by atoms with E-state index in [0.717, 1.165) is 35.7 Å². The maximum Gasteiger partial charge on any atom is 0.129 e. The highest BCUT2D eigenvalue weighted by Crippen LogP contribution is 2.29.